The molecular weight excluding hydrogens is 488 g/mol. The van der Waals surface area contributed by atoms with Crippen molar-refractivity contribution >= 4 is 17.6 Å². The van der Waals surface area contributed by atoms with E-state index in [2.05, 4.69) is 0 Å². The van der Waals surface area contributed by atoms with Gasteiger partial charge in [0.2, 0.25) is 11.5 Å². The highest BCUT2D eigenvalue weighted by molar-refractivity contribution is 6.34. The van der Waals surface area contributed by atoms with Gasteiger partial charge in [-0.1, -0.05) is 25.4 Å². The third-order valence-corrected chi connectivity index (χ3v) is 7.31. The van der Waals surface area contributed by atoms with Crippen molar-refractivity contribution in [1.82, 2.24) is 0 Å². The van der Waals surface area contributed by atoms with Gasteiger partial charge >= 0.3 is 5.97 Å². The van der Waals surface area contributed by atoms with Crippen LogP contribution in [0, 0.1) is 5.92 Å². The highest BCUT2D eigenvalue weighted by Gasteiger charge is 2.42. The van der Waals surface area contributed by atoms with E-state index in [1.807, 2.05) is 19.9 Å². The van der Waals surface area contributed by atoms with E-state index in [4.69, 9.17) is 44.8 Å². The molecule has 36 heavy (non-hydrogen) atoms. The summed E-state index contributed by atoms with van der Waals surface area (Å²) < 4.78 is 40.6. The Hall–Kier alpha value is -3.00. The van der Waals surface area contributed by atoms with Gasteiger partial charge in [-0.15, -0.1) is 0 Å². The highest BCUT2D eigenvalue weighted by atomic mass is 35.5. The van der Waals surface area contributed by atoms with Crippen LogP contribution in [0.25, 0.3) is 11.1 Å². The van der Waals surface area contributed by atoms with Crippen molar-refractivity contribution in [3.63, 3.8) is 0 Å². The maximum absolute atomic E-state index is 12.5. The first kappa shape index (κ1) is 27.6. The minimum atomic E-state index is -0.881. The minimum Gasteiger partial charge on any atom is -0.493 e. The second kappa shape index (κ2) is 10.9. The van der Waals surface area contributed by atoms with Crippen LogP contribution in [-0.2, 0) is 22.4 Å². The molecule has 3 rings (SSSR count). The molecule has 1 aliphatic rings. The average molecular weight is 523 g/mol. The summed E-state index contributed by atoms with van der Waals surface area (Å²) in [5.41, 5.74) is 2.07. The fourth-order valence-electron chi connectivity index (χ4n) is 4.87. The SMILES string of the molecule is CCC(=O)O[C@]1(C)Cc2c(Cl)c(OC)c(OC)c(OC)c2-c2c(cc(OC)c(OC)c2OC)C[C@H]1C. The monoisotopic (exact) mass is 522 g/mol. The van der Waals surface area contributed by atoms with Gasteiger partial charge < -0.3 is 33.2 Å². The summed E-state index contributed by atoms with van der Waals surface area (Å²) in [4.78, 5) is 12.5. The first-order valence-corrected chi connectivity index (χ1v) is 12.1. The van der Waals surface area contributed by atoms with Crippen LogP contribution in [-0.4, -0.2) is 54.2 Å². The van der Waals surface area contributed by atoms with E-state index < -0.39 is 5.60 Å². The van der Waals surface area contributed by atoms with E-state index in [9.17, 15) is 4.79 Å². The second-order valence-corrected chi connectivity index (χ2v) is 9.25. The van der Waals surface area contributed by atoms with Crippen LogP contribution < -0.4 is 28.4 Å². The van der Waals surface area contributed by atoms with Gasteiger partial charge in [0.1, 0.15) is 5.60 Å². The molecule has 0 aromatic heterocycles. The Morgan fingerprint density at radius 1 is 0.889 bits per heavy atom. The fourth-order valence-corrected chi connectivity index (χ4v) is 5.20. The molecule has 2 atom stereocenters. The van der Waals surface area contributed by atoms with Crippen molar-refractivity contribution in [2.45, 2.75) is 45.6 Å². The van der Waals surface area contributed by atoms with Crippen LogP contribution in [0.1, 0.15) is 38.3 Å². The zero-order chi connectivity index (χ0) is 26.8. The van der Waals surface area contributed by atoms with Gasteiger partial charge in [-0.2, -0.15) is 0 Å². The molecular formula is C27H35ClO8. The number of fused-ring (bicyclic) bond motifs is 3. The molecule has 0 heterocycles. The van der Waals surface area contributed by atoms with E-state index in [-0.39, 0.29) is 18.3 Å². The lowest BCUT2D eigenvalue weighted by molar-refractivity contribution is -0.163. The Balaban J connectivity index is 2.57. The van der Waals surface area contributed by atoms with Gasteiger partial charge in [-0.05, 0) is 30.5 Å². The maximum Gasteiger partial charge on any atom is 0.306 e. The predicted octanol–water partition coefficient (Wildman–Crippen LogP) is 5.51. The molecule has 0 saturated carbocycles. The number of methoxy groups -OCH3 is 6. The number of benzene rings is 2. The summed E-state index contributed by atoms with van der Waals surface area (Å²) >= 11 is 7.01. The van der Waals surface area contributed by atoms with Crippen molar-refractivity contribution in [2.75, 3.05) is 42.7 Å². The molecule has 2 aromatic carbocycles. The van der Waals surface area contributed by atoms with Crippen molar-refractivity contribution in [3.8, 4) is 45.6 Å². The Morgan fingerprint density at radius 2 is 1.44 bits per heavy atom. The van der Waals surface area contributed by atoms with Crippen LogP contribution in [0.15, 0.2) is 6.07 Å². The molecule has 0 radical (unpaired) electrons. The molecule has 0 aliphatic heterocycles. The molecule has 0 spiro atoms. The van der Waals surface area contributed by atoms with Crippen LogP contribution in [0.2, 0.25) is 5.02 Å². The maximum atomic E-state index is 12.5. The molecule has 198 valence electrons. The Bertz CT molecular complexity index is 1150. The fraction of sp³-hybridized carbons (Fsp3) is 0.519. The van der Waals surface area contributed by atoms with Crippen LogP contribution in [0.3, 0.4) is 0 Å². The summed E-state index contributed by atoms with van der Waals surface area (Å²) in [6, 6.07) is 1.91. The van der Waals surface area contributed by atoms with Crippen molar-refractivity contribution in [3.05, 3.63) is 22.2 Å². The molecule has 0 amide bonds. The molecule has 0 bridgehead atoms. The summed E-state index contributed by atoms with van der Waals surface area (Å²) in [7, 11) is 9.28. The standard InChI is InChI=1S/C27H35ClO8/c1-10-18(29)36-27(3)13-16-20(24(33-7)26(35-9)25(34-8)21(16)28)19-15(11-14(27)2)12-17(30-4)22(31-5)23(19)32-6/h12,14H,10-11,13H2,1-9H3/t14-,27-/m1/s1. The first-order chi connectivity index (χ1) is 17.2. The number of hydrogen-bond donors (Lipinski definition) is 0. The van der Waals surface area contributed by atoms with Gasteiger partial charge in [0, 0.05) is 29.9 Å². The highest BCUT2D eigenvalue weighted by Crippen LogP contribution is 2.58. The predicted molar refractivity (Wildman–Crippen MR) is 138 cm³/mol. The Morgan fingerprint density at radius 3 is 1.94 bits per heavy atom. The van der Waals surface area contributed by atoms with Gasteiger partial charge in [0.15, 0.2) is 23.0 Å². The van der Waals surface area contributed by atoms with Crippen molar-refractivity contribution < 1.29 is 38.0 Å². The van der Waals surface area contributed by atoms with E-state index in [1.165, 1.54) is 14.2 Å². The molecule has 0 saturated heterocycles. The summed E-state index contributed by atoms with van der Waals surface area (Å²) in [6.45, 7) is 5.75. The number of halogens is 1. The zero-order valence-corrected chi connectivity index (χ0v) is 23.2. The van der Waals surface area contributed by atoms with E-state index in [0.29, 0.717) is 63.5 Å². The number of rotatable bonds is 8. The summed E-state index contributed by atoms with van der Waals surface area (Å²) in [5, 5.41) is 0.334. The third kappa shape index (κ3) is 4.47. The van der Waals surface area contributed by atoms with E-state index in [1.54, 1.807) is 35.4 Å². The van der Waals surface area contributed by atoms with Gasteiger partial charge in [-0.25, -0.2) is 0 Å². The largest absolute Gasteiger partial charge is 0.493 e. The topological polar surface area (TPSA) is 81.7 Å². The second-order valence-electron chi connectivity index (χ2n) is 8.87. The molecule has 1 aliphatic carbocycles. The normalized spacial score (nSPS) is 18.7. The van der Waals surface area contributed by atoms with E-state index >= 15 is 0 Å². The lowest BCUT2D eigenvalue weighted by Gasteiger charge is -2.39. The first-order valence-electron chi connectivity index (χ1n) is 11.7. The van der Waals surface area contributed by atoms with E-state index in [0.717, 1.165) is 11.1 Å². The molecule has 0 fully saturated rings. The molecule has 0 unspecified atom stereocenters. The smallest absolute Gasteiger partial charge is 0.306 e. The number of hydrogen-bond acceptors (Lipinski definition) is 8. The molecule has 9 heteroatoms. The van der Waals surface area contributed by atoms with Crippen molar-refractivity contribution in [2.24, 2.45) is 5.92 Å². The average Bonchev–Trinajstić information content (AvgIpc) is 2.87. The zero-order valence-electron chi connectivity index (χ0n) is 22.4. The van der Waals surface area contributed by atoms with Gasteiger partial charge in [0.05, 0.1) is 47.7 Å². The summed E-state index contributed by atoms with van der Waals surface area (Å²) in [6.07, 6.45) is 1.11. The number of carbonyl (C=O) groups excluding carboxylic acids is 1. The number of carbonyl (C=O) groups is 1. The van der Waals surface area contributed by atoms with Crippen molar-refractivity contribution in [1.29, 1.82) is 0 Å². The van der Waals surface area contributed by atoms with Gasteiger partial charge in [-0.3, -0.25) is 4.79 Å². The number of ether oxygens (including phenoxy) is 7. The van der Waals surface area contributed by atoms with Crippen LogP contribution in [0.5, 0.6) is 34.5 Å². The molecule has 2 aromatic rings. The third-order valence-electron chi connectivity index (χ3n) is 6.91. The molecule has 8 nitrogen and oxygen atoms in total. The quantitative estimate of drug-likeness (QED) is 0.420. The van der Waals surface area contributed by atoms with Crippen LogP contribution in [0.4, 0.5) is 0 Å². The molecule has 0 N–H and O–H groups in total. The summed E-state index contributed by atoms with van der Waals surface area (Å²) in [5.74, 6) is 2.11. The minimum absolute atomic E-state index is 0.0992. The lowest BCUT2D eigenvalue weighted by atomic mass is 9.74. The lowest BCUT2D eigenvalue weighted by Crippen LogP contribution is -2.42. The van der Waals surface area contributed by atoms with Crippen LogP contribution >= 0.6 is 11.6 Å². The van der Waals surface area contributed by atoms with Gasteiger partial charge in [0.25, 0.3) is 0 Å². The Kier molecular flexibility index (Phi) is 8.39. The Labute approximate surface area is 217 Å². The number of esters is 1.